The van der Waals surface area contributed by atoms with Gasteiger partial charge < -0.3 is 10.1 Å². The first-order valence-corrected chi connectivity index (χ1v) is 9.82. The molecular weight excluding hydrogens is 374 g/mol. The van der Waals surface area contributed by atoms with Crippen LogP contribution in [0, 0.1) is 0 Å². The van der Waals surface area contributed by atoms with Crippen molar-refractivity contribution in [3.8, 4) is 16.3 Å². The molecule has 1 aromatic carbocycles. The number of Topliss-reactive ketones (excluding diaryl/α,β-unsaturated/α-hetero) is 1. The predicted octanol–water partition coefficient (Wildman–Crippen LogP) is 3.54. The van der Waals surface area contributed by atoms with E-state index in [1.165, 1.54) is 0 Å². The number of aromatic nitrogens is 2. The fourth-order valence-corrected chi connectivity index (χ4v) is 3.50. The van der Waals surface area contributed by atoms with E-state index in [1.54, 1.807) is 55.1 Å². The average molecular weight is 395 g/mol. The molecule has 0 saturated heterocycles. The molecule has 0 aliphatic heterocycles. The Morgan fingerprint density at radius 3 is 2.75 bits per heavy atom. The highest BCUT2D eigenvalue weighted by Crippen LogP contribution is 2.22. The van der Waals surface area contributed by atoms with E-state index in [0.29, 0.717) is 24.3 Å². The maximum absolute atomic E-state index is 12.2. The molecule has 6 nitrogen and oxygen atoms in total. The molecule has 0 fully saturated rings. The van der Waals surface area contributed by atoms with Gasteiger partial charge in [0.1, 0.15) is 10.8 Å². The van der Waals surface area contributed by atoms with Crippen LogP contribution in [0.1, 0.15) is 28.9 Å². The molecule has 0 spiro atoms. The molecule has 2 aromatic heterocycles. The maximum atomic E-state index is 12.2. The van der Waals surface area contributed by atoms with Gasteiger partial charge in [0.25, 0.3) is 0 Å². The lowest BCUT2D eigenvalue weighted by Gasteiger charge is -2.05. The van der Waals surface area contributed by atoms with Gasteiger partial charge in [-0.1, -0.05) is 12.1 Å². The second-order valence-corrected chi connectivity index (χ2v) is 6.99. The lowest BCUT2D eigenvalue weighted by atomic mass is 10.1. The zero-order valence-corrected chi connectivity index (χ0v) is 16.4. The van der Waals surface area contributed by atoms with E-state index in [4.69, 9.17) is 4.74 Å². The van der Waals surface area contributed by atoms with Crippen molar-refractivity contribution in [3.63, 3.8) is 0 Å². The molecule has 144 valence electrons. The van der Waals surface area contributed by atoms with E-state index in [2.05, 4.69) is 15.3 Å². The van der Waals surface area contributed by atoms with E-state index in [0.717, 1.165) is 16.3 Å². The topological polar surface area (TPSA) is 81.2 Å². The quantitative estimate of drug-likeness (QED) is 0.561. The van der Waals surface area contributed by atoms with Crippen LogP contribution in [0.4, 0.5) is 0 Å². The number of nitrogens with one attached hydrogen (secondary N) is 1. The molecule has 28 heavy (non-hydrogen) atoms. The first-order valence-electron chi connectivity index (χ1n) is 8.94. The Balaban J connectivity index is 1.41. The fourth-order valence-electron chi connectivity index (χ4n) is 2.64. The lowest BCUT2D eigenvalue weighted by Crippen LogP contribution is -2.26. The van der Waals surface area contributed by atoms with Gasteiger partial charge in [-0.15, -0.1) is 11.3 Å². The molecule has 0 aliphatic rings. The number of hydrogen-bond donors (Lipinski definition) is 1. The minimum absolute atomic E-state index is 0.0736. The smallest absolute Gasteiger partial charge is 0.220 e. The Morgan fingerprint density at radius 1 is 1.14 bits per heavy atom. The number of thiazole rings is 1. The zero-order chi connectivity index (χ0) is 19.8. The summed E-state index contributed by atoms with van der Waals surface area (Å²) < 4.78 is 5.12. The Kier molecular flexibility index (Phi) is 6.86. The Morgan fingerprint density at radius 2 is 1.96 bits per heavy atom. The monoisotopic (exact) mass is 395 g/mol. The number of rotatable bonds is 9. The number of methoxy groups -OCH3 is 1. The second-order valence-electron chi connectivity index (χ2n) is 6.13. The van der Waals surface area contributed by atoms with Crippen molar-refractivity contribution in [2.24, 2.45) is 0 Å². The fraction of sp³-hybridized carbons (Fsp3) is 0.238. The minimum Gasteiger partial charge on any atom is -0.497 e. The van der Waals surface area contributed by atoms with Crippen LogP contribution in [0.25, 0.3) is 10.6 Å². The van der Waals surface area contributed by atoms with E-state index in [1.807, 2.05) is 17.5 Å². The summed E-state index contributed by atoms with van der Waals surface area (Å²) in [7, 11) is 1.55. The van der Waals surface area contributed by atoms with E-state index in [9.17, 15) is 9.59 Å². The van der Waals surface area contributed by atoms with Crippen LogP contribution in [0.5, 0.6) is 5.75 Å². The first kappa shape index (κ1) is 19.7. The number of ether oxygens (including phenoxy) is 1. The van der Waals surface area contributed by atoms with Gasteiger partial charge in [0.15, 0.2) is 5.78 Å². The largest absolute Gasteiger partial charge is 0.497 e. The van der Waals surface area contributed by atoms with Gasteiger partial charge in [-0.2, -0.15) is 0 Å². The number of ketones is 1. The molecule has 3 aromatic rings. The predicted molar refractivity (Wildman–Crippen MR) is 109 cm³/mol. The van der Waals surface area contributed by atoms with Crippen LogP contribution in [-0.2, 0) is 11.2 Å². The Bertz CT molecular complexity index is 941. The molecule has 3 rings (SSSR count). The third-order valence-corrected chi connectivity index (χ3v) is 5.09. The van der Waals surface area contributed by atoms with Crippen LogP contribution in [0.3, 0.4) is 0 Å². The van der Waals surface area contributed by atoms with Gasteiger partial charge >= 0.3 is 0 Å². The van der Waals surface area contributed by atoms with Crippen molar-refractivity contribution >= 4 is 23.0 Å². The molecule has 0 radical (unpaired) electrons. The van der Waals surface area contributed by atoms with Gasteiger partial charge in [0.2, 0.25) is 5.91 Å². The minimum atomic E-state index is -0.138. The van der Waals surface area contributed by atoms with Crippen molar-refractivity contribution < 1.29 is 14.3 Å². The van der Waals surface area contributed by atoms with Crippen LogP contribution in [0.15, 0.2) is 54.2 Å². The zero-order valence-electron chi connectivity index (χ0n) is 15.6. The molecule has 1 N–H and O–H groups in total. The number of amides is 1. The Hall–Kier alpha value is -3.06. The summed E-state index contributed by atoms with van der Waals surface area (Å²) in [6.45, 7) is 0.492. The molecule has 0 aliphatic carbocycles. The normalized spacial score (nSPS) is 10.5. The van der Waals surface area contributed by atoms with Crippen LogP contribution >= 0.6 is 11.3 Å². The molecule has 1 amide bonds. The molecule has 0 atom stereocenters. The molecular formula is C21H21N3O3S. The van der Waals surface area contributed by atoms with Crippen LogP contribution < -0.4 is 10.1 Å². The Labute approximate surface area is 167 Å². The van der Waals surface area contributed by atoms with Crippen molar-refractivity contribution in [1.29, 1.82) is 0 Å². The summed E-state index contributed by atoms with van der Waals surface area (Å²) in [4.78, 5) is 32.8. The first-order chi connectivity index (χ1) is 13.7. The molecule has 2 heterocycles. The van der Waals surface area contributed by atoms with Gasteiger partial charge in [-0.05, 0) is 24.3 Å². The highest BCUT2D eigenvalue weighted by atomic mass is 32.1. The lowest BCUT2D eigenvalue weighted by molar-refractivity contribution is -0.121. The van der Waals surface area contributed by atoms with Gasteiger partial charge in [-0.25, -0.2) is 4.98 Å². The van der Waals surface area contributed by atoms with Crippen molar-refractivity contribution in [3.05, 3.63) is 65.4 Å². The summed E-state index contributed by atoms with van der Waals surface area (Å²) in [6.07, 6.45) is 4.46. The van der Waals surface area contributed by atoms with E-state index in [-0.39, 0.29) is 24.5 Å². The number of nitrogens with zero attached hydrogens (tertiary/aromatic N) is 2. The van der Waals surface area contributed by atoms with E-state index >= 15 is 0 Å². The third kappa shape index (κ3) is 5.47. The van der Waals surface area contributed by atoms with Gasteiger partial charge in [0.05, 0.1) is 12.8 Å². The van der Waals surface area contributed by atoms with Crippen LogP contribution in [-0.4, -0.2) is 35.3 Å². The second kappa shape index (κ2) is 9.75. The summed E-state index contributed by atoms with van der Waals surface area (Å²) in [5.74, 6) is 0.418. The van der Waals surface area contributed by atoms with E-state index < -0.39 is 0 Å². The third-order valence-electron chi connectivity index (χ3n) is 4.15. The molecule has 0 saturated carbocycles. The SMILES string of the molecule is COc1cccc(C(=O)CCC(=O)NCCc2csc(-c3ccncc3)n2)c1. The number of carbonyl (C=O) groups excluding carboxylic acids is 2. The number of hydrogen-bond acceptors (Lipinski definition) is 6. The van der Waals surface area contributed by atoms with Crippen molar-refractivity contribution in [2.75, 3.05) is 13.7 Å². The number of benzene rings is 1. The average Bonchev–Trinajstić information content (AvgIpc) is 3.21. The van der Waals surface area contributed by atoms with Crippen LogP contribution in [0.2, 0.25) is 0 Å². The summed E-state index contributed by atoms with van der Waals surface area (Å²) >= 11 is 1.57. The highest BCUT2D eigenvalue weighted by Gasteiger charge is 2.10. The van der Waals surface area contributed by atoms with Gasteiger partial charge in [-0.3, -0.25) is 14.6 Å². The summed E-state index contributed by atoms with van der Waals surface area (Å²) in [5.41, 5.74) is 2.52. The number of pyridine rings is 1. The standard InChI is InChI=1S/C21H21N3O3S/c1-27-18-4-2-3-16(13-18)19(25)5-6-20(26)23-12-9-17-14-28-21(24-17)15-7-10-22-11-8-15/h2-4,7-8,10-11,13-14H,5-6,9,12H2,1H3,(H,23,26). The number of carbonyl (C=O) groups is 2. The highest BCUT2D eigenvalue weighted by molar-refractivity contribution is 7.13. The summed E-state index contributed by atoms with van der Waals surface area (Å²) in [5, 5.41) is 5.78. The summed E-state index contributed by atoms with van der Waals surface area (Å²) in [6, 6.07) is 10.8. The van der Waals surface area contributed by atoms with Gasteiger partial charge in [0, 0.05) is 54.7 Å². The van der Waals surface area contributed by atoms with Crippen molar-refractivity contribution in [1.82, 2.24) is 15.3 Å². The van der Waals surface area contributed by atoms with Crippen molar-refractivity contribution in [2.45, 2.75) is 19.3 Å². The molecule has 7 heteroatoms. The molecule has 0 unspecified atom stereocenters. The maximum Gasteiger partial charge on any atom is 0.220 e. The molecule has 0 bridgehead atoms.